The lowest BCUT2D eigenvalue weighted by atomic mass is 10.2. The quantitative estimate of drug-likeness (QED) is 0.789. The maximum Gasteiger partial charge on any atom is 0.141 e. The average molecular weight is 271 g/mol. The molecule has 17 heavy (non-hydrogen) atoms. The fraction of sp³-hybridized carbons (Fsp3) is 0.250. The van der Waals surface area contributed by atoms with E-state index in [9.17, 15) is 4.39 Å². The summed E-state index contributed by atoms with van der Waals surface area (Å²) in [6.45, 7) is 0.742. The minimum atomic E-state index is -0.353. The molecule has 0 atom stereocenters. The van der Waals surface area contributed by atoms with Gasteiger partial charge in [-0.3, -0.25) is 0 Å². The van der Waals surface area contributed by atoms with E-state index in [1.165, 1.54) is 17.8 Å². The highest BCUT2D eigenvalue weighted by Gasteiger charge is 2.10. The summed E-state index contributed by atoms with van der Waals surface area (Å²) in [5.74, 6) is 0.634. The maximum absolute atomic E-state index is 13.0. The monoisotopic (exact) mass is 270 g/mol. The summed E-state index contributed by atoms with van der Waals surface area (Å²) in [5.41, 5.74) is 1.92. The summed E-state index contributed by atoms with van der Waals surface area (Å²) in [6, 6.07) is 3.49. The standard InChI is InChI=1S/C12H12ClFN2S/c1-16(7-9-2-3-17-8-9)12-10(5-13)4-11(14)6-15-12/h2-4,6,8H,5,7H2,1H3. The van der Waals surface area contributed by atoms with Gasteiger partial charge in [-0.2, -0.15) is 11.3 Å². The second kappa shape index (κ2) is 5.47. The largest absolute Gasteiger partial charge is 0.355 e. The number of nitrogens with zero attached hydrogens (tertiary/aromatic N) is 2. The van der Waals surface area contributed by atoms with Crippen LogP contribution < -0.4 is 4.90 Å². The molecule has 0 bridgehead atoms. The lowest BCUT2D eigenvalue weighted by molar-refractivity contribution is 0.619. The first-order valence-corrected chi connectivity index (χ1v) is 6.61. The highest BCUT2D eigenvalue weighted by atomic mass is 35.5. The molecule has 2 nitrogen and oxygen atoms in total. The summed E-state index contributed by atoms with van der Waals surface area (Å²) in [6.07, 6.45) is 1.22. The Morgan fingerprint density at radius 2 is 2.35 bits per heavy atom. The zero-order valence-corrected chi connectivity index (χ0v) is 10.9. The van der Waals surface area contributed by atoms with Gasteiger partial charge in [-0.05, 0) is 28.5 Å². The van der Waals surface area contributed by atoms with Gasteiger partial charge in [-0.1, -0.05) is 0 Å². The van der Waals surface area contributed by atoms with E-state index in [0.29, 0.717) is 5.56 Å². The van der Waals surface area contributed by atoms with E-state index in [0.717, 1.165) is 12.4 Å². The minimum Gasteiger partial charge on any atom is -0.355 e. The van der Waals surface area contributed by atoms with Gasteiger partial charge in [0.15, 0.2) is 0 Å². The molecule has 2 aromatic rings. The number of rotatable bonds is 4. The van der Waals surface area contributed by atoms with Gasteiger partial charge in [0.2, 0.25) is 0 Å². The fourth-order valence-electron chi connectivity index (χ4n) is 1.65. The van der Waals surface area contributed by atoms with Crippen molar-refractivity contribution in [1.82, 2.24) is 4.98 Å². The summed E-state index contributed by atoms with van der Waals surface area (Å²) in [4.78, 5) is 6.07. The summed E-state index contributed by atoms with van der Waals surface area (Å²) in [5, 5.41) is 4.12. The van der Waals surface area contributed by atoms with E-state index < -0.39 is 0 Å². The second-order valence-corrected chi connectivity index (χ2v) is 4.80. The Kier molecular flexibility index (Phi) is 3.97. The Hall–Kier alpha value is -1.13. The van der Waals surface area contributed by atoms with Crippen molar-refractivity contribution in [2.24, 2.45) is 0 Å². The van der Waals surface area contributed by atoms with Crippen LogP contribution in [0, 0.1) is 5.82 Å². The highest BCUT2D eigenvalue weighted by molar-refractivity contribution is 7.07. The van der Waals surface area contributed by atoms with Gasteiger partial charge < -0.3 is 4.90 Å². The molecule has 0 aromatic carbocycles. The third-order valence-electron chi connectivity index (χ3n) is 2.41. The van der Waals surface area contributed by atoms with Crippen LogP contribution in [-0.2, 0) is 12.4 Å². The van der Waals surface area contributed by atoms with E-state index in [-0.39, 0.29) is 11.7 Å². The van der Waals surface area contributed by atoms with Crippen molar-refractivity contribution < 1.29 is 4.39 Å². The SMILES string of the molecule is CN(Cc1ccsc1)c1ncc(F)cc1CCl. The first-order chi connectivity index (χ1) is 8.20. The van der Waals surface area contributed by atoms with Crippen molar-refractivity contribution in [1.29, 1.82) is 0 Å². The van der Waals surface area contributed by atoms with Gasteiger partial charge in [0.05, 0.1) is 12.1 Å². The van der Waals surface area contributed by atoms with Crippen LogP contribution in [0.5, 0.6) is 0 Å². The lowest BCUT2D eigenvalue weighted by Gasteiger charge is -2.20. The fourth-order valence-corrected chi connectivity index (χ4v) is 2.50. The Labute approximate surface area is 109 Å². The molecule has 0 aliphatic rings. The van der Waals surface area contributed by atoms with Crippen LogP contribution in [0.3, 0.4) is 0 Å². The molecule has 0 fully saturated rings. The van der Waals surface area contributed by atoms with Crippen molar-refractivity contribution in [3.8, 4) is 0 Å². The van der Waals surface area contributed by atoms with Crippen molar-refractivity contribution >= 4 is 28.8 Å². The Morgan fingerprint density at radius 1 is 1.53 bits per heavy atom. The first-order valence-electron chi connectivity index (χ1n) is 5.13. The van der Waals surface area contributed by atoms with Crippen LogP contribution in [0.4, 0.5) is 10.2 Å². The van der Waals surface area contributed by atoms with Gasteiger partial charge in [0, 0.05) is 19.2 Å². The average Bonchev–Trinajstić information content (AvgIpc) is 2.81. The van der Waals surface area contributed by atoms with Crippen molar-refractivity contribution in [2.75, 3.05) is 11.9 Å². The maximum atomic E-state index is 13.0. The van der Waals surface area contributed by atoms with E-state index in [4.69, 9.17) is 11.6 Å². The van der Waals surface area contributed by atoms with Crippen LogP contribution >= 0.6 is 22.9 Å². The molecule has 0 aliphatic heterocycles. The molecule has 0 aliphatic carbocycles. The number of hydrogen-bond acceptors (Lipinski definition) is 3. The van der Waals surface area contributed by atoms with E-state index in [2.05, 4.69) is 16.4 Å². The smallest absolute Gasteiger partial charge is 0.141 e. The molecule has 5 heteroatoms. The van der Waals surface area contributed by atoms with Crippen LogP contribution in [0.2, 0.25) is 0 Å². The number of thiophene rings is 1. The van der Waals surface area contributed by atoms with Crippen molar-refractivity contribution in [3.63, 3.8) is 0 Å². The van der Waals surface area contributed by atoms with Gasteiger partial charge in [-0.15, -0.1) is 11.6 Å². The van der Waals surface area contributed by atoms with E-state index in [1.54, 1.807) is 11.3 Å². The van der Waals surface area contributed by atoms with Crippen LogP contribution in [0.15, 0.2) is 29.1 Å². The molecule has 0 spiro atoms. The second-order valence-electron chi connectivity index (χ2n) is 3.76. The van der Waals surface area contributed by atoms with Crippen LogP contribution in [-0.4, -0.2) is 12.0 Å². The number of aromatic nitrogens is 1. The van der Waals surface area contributed by atoms with Crippen molar-refractivity contribution in [2.45, 2.75) is 12.4 Å². The third-order valence-corrected chi connectivity index (χ3v) is 3.43. The highest BCUT2D eigenvalue weighted by Crippen LogP contribution is 2.21. The minimum absolute atomic E-state index is 0.258. The van der Waals surface area contributed by atoms with Gasteiger partial charge in [-0.25, -0.2) is 9.37 Å². The van der Waals surface area contributed by atoms with Crippen LogP contribution in [0.1, 0.15) is 11.1 Å². The first kappa shape index (κ1) is 12.3. The Balaban J connectivity index is 2.21. The Morgan fingerprint density at radius 3 is 3.00 bits per heavy atom. The van der Waals surface area contributed by atoms with E-state index >= 15 is 0 Å². The molecule has 0 saturated carbocycles. The van der Waals surface area contributed by atoms with E-state index in [1.807, 2.05) is 17.3 Å². The Bertz CT molecular complexity index is 487. The molecular weight excluding hydrogens is 259 g/mol. The zero-order chi connectivity index (χ0) is 12.3. The molecule has 0 radical (unpaired) electrons. The number of hydrogen-bond donors (Lipinski definition) is 0. The van der Waals surface area contributed by atoms with Crippen molar-refractivity contribution in [3.05, 3.63) is 46.0 Å². The molecule has 0 unspecified atom stereocenters. The zero-order valence-electron chi connectivity index (χ0n) is 9.36. The molecule has 2 rings (SSSR count). The molecule has 2 aromatic heterocycles. The number of alkyl halides is 1. The molecular formula is C12H12ClFN2S. The normalized spacial score (nSPS) is 10.5. The lowest BCUT2D eigenvalue weighted by Crippen LogP contribution is -2.19. The van der Waals surface area contributed by atoms with Gasteiger partial charge >= 0.3 is 0 Å². The number of pyridine rings is 1. The third kappa shape index (κ3) is 2.96. The number of halogens is 2. The molecule has 90 valence electrons. The summed E-state index contributed by atoms with van der Waals surface area (Å²) in [7, 11) is 1.92. The predicted molar refractivity (Wildman–Crippen MR) is 70.2 cm³/mol. The molecule has 0 amide bonds. The number of anilines is 1. The van der Waals surface area contributed by atoms with Gasteiger partial charge in [0.25, 0.3) is 0 Å². The molecule has 2 heterocycles. The summed E-state index contributed by atoms with van der Waals surface area (Å²) >= 11 is 7.45. The molecule has 0 saturated heterocycles. The van der Waals surface area contributed by atoms with Gasteiger partial charge in [0.1, 0.15) is 11.6 Å². The van der Waals surface area contributed by atoms with Crippen LogP contribution in [0.25, 0.3) is 0 Å². The summed E-state index contributed by atoms with van der Waals surface area (Å²) < 4.78 is 13.0. The predicted octanol–water partition coefficient (Wildman–Crippen LogP) is 3.66. The molecule has 0 N–H and O–H groups in total. The topological polar surface area (TPSA) is 16.1 Å².